The Morgan fingerprint density at radius 1 is 1.09 bits per heavy atom. The minimum Gasteiger partial charge on any atom is -0.462 e. The lowest BCUT2D eigenvalue weighted by atomic mass is 10.2. The first-order chi connectivity index (χ1) is 15.3. The predicted octanol–water partition coefficient (Wildman–Crippen LogP) is 1.39. The number of ether oxygens (including phenoxy) is 1. The van der Waals surface area contributed by atoms with Crippen LogP contribution in [0, 0.1) is 11.3 Å². The zero-order chi connectivity index (χ0) is 23.1. The maximum Gasteiger partial charge on any atom is 0.339 e. The molecule has 0 saturated carbocycles. The number of rotatable bonds is 7. The molecule has 0 aliphatic carbocycles. The summed E-state index contributed by atoms with van der Waals surface area (Å²) in [5.41, 5.74) is 1.36. The lowest BCUT2D eigenvalue weighted by Crippen LogP contribution is -2.50. The molecule has 0 radical (unpaired) electrons. The molecule has 1 fully saturated rings. The first-order valence-electron chi connectivity index (χ1n) is 10.2. The van der Waals surface area contributed by atoms with E-state index in [4.69, 9.17) is 10.00 Å². The highest BCUT2D eigenvalue weighted by Gasteiger charge is 2.26. The monoisotopic (exact) mass is 456 g/mol. The van der Waals surface area contributed by atoms with Gasteiger partial charge in [0.25, 0.3) is 0 Å². The van der Waals surface area contributed by atoms with E-state index >= 15 is 0 Å². The number of esters is 1. The number of nitriles is 1. The number of benzene rings is 1. The lowest BCUT2D eigenvalue weighted by molar-refractivity contribution is -0.128. The first-order valence-corrected chi connectivity index (χ1v) is 12.0. The molecule has 0 atom stereocenters. The Kier molecular flexibility index (Phi) is 7.43. The standard InChI is InChI=1S/C22H24N4O5S/c1-2-31-22(28)19-7-8-20(24-14-19)25-9-11-26(12-10-25)21(27)16-32(29,30)15-18-5-3-17(13-23)4-6-18/h3-8,14H,2,9-12,15-16H2,1H3. The number of anilines is 1. The third kappa shape index (κ3) is 6.04. The van der Waals surface area contributed by atoms with Crippen LogP contribution >= 0.6 is 0 Å². The van der Waals surface area contributed by atoms with Crippen molar-refractivity contribution in [1.29, 1.82) is 5.26 Å². The van der Waals surface area contributed by atoms with Crippen LogP contribution in [0.2, 0.25) is 0 Å². The fraction of sp³-hybridized carbons (Fsp3) is 0.364. The molecule has 9 nitrogen and oxygen atoms in total. The highest BCUT2D eigenvalue weighted by molar-refractivity contribution is 7.91. The molecule has 32 heavy (non-hydrogen) atoms. The van der Waals surface area contributed by atoms with Crippen LogP contribution in [0.3, 0.4) is 0 Å². The Balaban J connectivity index is 1.52. The number of nitrogens with zero attached hydrogens (tertiary/aromatic N) is 4. The van der Waals surface area contributed by atoms with Crippen LogP contribution in [0.25, 0.3) is 0 Å². The Hall–Kier alpha value is -3.45. The van der Waals surface area contributed by atoms with E-state index in [1.165, 1.54) is 6.20 Å². The maximum absolute atomic E-state index is 12.5. The average Bonchev–Trinajstić information content (AvgIpc) is 2.79. The number of aromatic nitrogens is 1. The van der Waals surface area contributed by atoms with E-state index in [-0.39, 0.29) is 5.75 Å². The number of carbonyl (C=O) groups excluding carboxylic acids is 2. The van der Waals surface area contributed by atoms with E-state index in [9.17, 15) is 18.0 Å². The van der Waals surface area contributed by atoms with Crippen molar-refractivity contribution in [2.75, 3.05) is 43.4 Å². The Morgan fingerprint density at radius 2 is 1.78 bits per heavy atom. The van der Waals surface area contributed by atoms with Crippen molar-refractivity contribution in [3.05, 3.63) is 59.3 Å². The number of hydrogen-bond donors (Lipinski definition) is 0. The van der Waals surface area contributed by atoms with Crippen LogP contribution < -0.4 is 4.90 Å². The van der Waals surface area contributed by atoms with Gasteiger partial charge in [-0.2, -0.15) is 5.26 Å². The van der Waals surface area contributed by atoms with E-state index < -0.39 is 27.5 Å². The third-order valence-corrected chi connectivity index (χ3v) is 6.49. The molecule has 2 heterocycles. The summed E-state index contributed by atoms with van der Waals surface area (Å²) >= 11 is 0. The summed E-state index contributed by atoms with van der Waals surface area (Å²) in [5.74, 6) is -0.979. The minimum absolute atomic E-state index is 0.249. The Morgan fingerprint density at radius 3 is 2.34 bits per heavy atom. The molecular formula is C22H24N4O5S. The van der Waals surface area contributed by atoms with E-state index in [0.717, 1.165) is 0 Å². The zero-order valence-corrected chi connectivity index (χ0v) is 18.5. The van der Waals surface area contributed by atoms with Crippen LogP contribution in [0.5, 0.6) is 0 Å². The summed E-state index contributed by atoms with van der Waals surface area (Å²) in [4.78, 5) is 32.1. The fourth-order valence-corrected chi connectivity index (χ4v) is 4.71. The van der Waals surface area contributed by atoms with Gasteiger partial charge < -0.3 is 14.5 Å². The average molecular weight is 457 g/mol. The van der Waals surface area contributed by atoms with E-state index in [1.54, 1.807) is 48.2 Å². The highest BCUT2D eigenvalue weighted by Crippen LogP contribution is 2.16. The number of amides is 1. The first kappa shape index (κ1) is 23.2. The molecule has 168 valence electrons. The summed E-state index contributed by atoms with van der Waals surface area (Å²) in [6, 6.07) is 11.6. The largest absolute Gasteiger partial charge is 0.462 e. The molecule has 1 aliphatic heterocycles. The second-order valence-electron chi connectivity index (χ2n) is 7.33. The van der Waals surface area contributed by atoms with Crippen molar-refractivity contribution in [2.24, 2.45) is 0 Å². The second kappa shape index (κ2) is 10.2. The molecule has 1 aromatic carbocycles. The maximum atomic E-state index is 12.5. The van der Waals surface area contributed by atoms with Gasteiger partial charge in [-0.3, -0.25) is 4.79 Å². The lowest BCUT2D eigenvalue weighted by Gasteiger charge is -2.35. The third-order valence-electron chi connectivity index (χ3n) is 5.03. The molecule has 1 aliphatic rings. The van der Waals surface area contributed by atoms with Gasteiger partial charge in [0.2, 0.25) is 5.91 Å². The van der Waals surface area contributed by atoms with Crippen molar-refractivity contribution in [3.63, 3.8) is 0 Å². The van der Waals surface area contributed by atoms with Gasteiger partial charge in [0, 0.05) is 32.4 Å². The minimum atomic E-state index is -3.63. The molecule has 1 aromatic heterocycles. The van der Waals surface area contributed by atoms with Crippen molar-refractivity contribution in [3.8, 4) is 6.07 Å². The van der Waals surface area contributed by atoms with Crippen molar-refractivity contribution in [2.45, 2.75) is 12.7 Å². The van der Waals surface area contributed by atoms with Gasteiger partial charge in [0.05, 0.1) is 29.6 Å². The zero-order valence-electron chi connectivity index (χ0n) is 17.7. The van der Waals surface area contributed by atoms with Crippen molar-refractivity contribution in [1.82, 2.24) is 9.88 Å². The summed E-state index contributed by atoms with van der Waals surface area (Å²) in [6.07, 6.45) is 1.46. The van der Waals surface area contributed by atoms with Gasteiger partial charge >= 0.3 is 5.97 Å². The molecule has 0 spiro atoms. The summed E-state index contributed by atoms with van der Waals surface area (Å²) < 4.78 is 29.9. The fourth-order valence-electron chi connectivity index (χ4n) is 3.35. The van der Waals surface area contributed by atoms with Crippen LogP contribution in [0.4, 0.5) is 5.82 Å². The van der Waals surface area contributed by atoms with Crippen LogP contribution in [-0.2, 0) is 25.1 Å². The normalized spacial score (nSPS) is 14.0. The van der Waals surface area contributed by atoms with Crippen LogP contribution in [0.1, 0.15) is 28.4 Å². The van der Waals surface area contributed by atoms with E-state index in [1.807, 2.05) is 11.0 Å². The van der Waals surface area contributed by atoms with Gasteiger partial charge in [-0.25, -0.2) is 18.2 Å². The number of hydrogen-bond acceptors (Lipinski definition) is 8. The quantitative estimate of drug-likeness (QED) is 0.573. The number of pyridine rings is 1. The number of piperazine rings is 1. The molecule has 0 unspecified atom stereocenters. The highest BCUT2D eigenvalue weighted by atomic mass is 32.2. The molecule has 1 saturated heterocycles. The Bertz CT molecular complexity index is 1100. The smallest absolute Gasteiger partial charge is 0.339 e. The summed E-state index contributed by atoms with van der Waals surface area (Å²) in [5, 5.41) is 8.83. The number of sulfone groups is 1. The molecular weight excluding hydrogens is 432 g/mol. The van der Waals surface area contributed by atoms with Crippen molar-refractivity contribution >= 4 is 27.5 Å². The van der Waals surface area contributed by atoms with Crippen LogP contribution in [0.15, 0.2) is 42.6 Å². The SMILES string of the molecule is CCOC(=O)c1ccc(N2CCN(C(=O)CS(=O)(=O)Cc3ccc(C#N)cc3)CC2)nc1. The Labute approximate surface area is 187 Å². The van der Waals surface area contributed by atoms with E-state index in [0.29, 0.717) is 55.3 Å². The van der Waals surface area contributed by atoms with Gasteiger partial charge in [-0.1, -0.05) is 12.1 Å². The second-order valence-corrected chi connectivity index (χ2v) is 9.40. The molecule has 1 amide bonds. The van der Waals surface area contributed by atoms with Gasteiger partial charge in [-0.15, -0.1) is 0 Å². The summed E-state index contributed by atoms with van der Waals surface area (Å²) in [6.45, 7) is 3.80. The van der Waals surface area contributed by atoms with Gasteiger partial charge in [-0.05, 0) is 36.8 Å². The number of carbonyl (C=O) groups is 2. The molecule has 10 heteroatoms. The van der Waals surface area contributed by atoms with Gasteiger partial charge in [0.15, 0.2) is 9.84 Å². The van der Waals surface area contributed by atoms with E-state index in [2.05, 4.69) is 4.98 Å². The molecule has 0 bridgehead atoms. The molecule has 0 N–H and O–H groups in total. The van der Waals surface area contributed by atoms with Gasteiger partial charge in [0.1, 0.15) is 11.6 Å². The topological polar surface area (TPSA) is 121 Å². The molecule has 3 rings (SSSR count). The van der Waals surface area contributed by atoms with Crippen LogP contribution in [-0.4, -0.2) is 68.7 Å². The summed E-state index contributed by atoms with van der Waals surface area (Å²) in [7, 11) is -3.63. The predicted molar refractivity (Wildman–Crippen MR) is 118 cm³/mol. The molecule has 2 aromatic rings. The van der Waals surface area contributed by atoms with Crippen molar-refractivity contribution < 1.29 is 22.7 Å².